The molecule has 0 aliphatic heterocycles. The summed E-state index contributed by atoms with van der Waals surface area (Å²) in [5.41, 5.74) is 7.44. The van der Waals surface area contributed by atoms with Crippen LogP contribution in [0.25, 0.3) is 0 Å². The Labute approximate surface area is 221 Å². The van der Waals surface area contributed by atoms with E-state index in [0.29, 0.717) is 0 Å². The molecule has 0 bridgehead atoms. The van der Waals surface area contributed by atoms with Crippen LogP contribution in [0.5, 0.6) is 0 Å². The van der Waals surface area contributed by atoms with Gasteiger partial charge in [-0.25, -0.2) is 0 Å². The summed E-state index contributed by atoms with van der Waals surface area (Å²) in [5, 5.41) is 0.784. The third-order valence-corrected chi connectivity index (χ3v) is 6.62. The van der Waals surface area contributed by atoms with E-state index in [-0.39, 0.29) is 0 Å². The normalized spacial score (nSPS) is 10.8. The molecule has 0 spiro atoms. The summed E-state index contributed by atoms with van der Waals surface area (Å²) in [4.78, 5) is 2.50. The second kappa shape index (κ2) is 13.7. The minimum atomic E-state index is 0.784. The van der Waals surface area contributed by atoms with Crippen LogP contribution in [0.4, 0.5) is 0 Å². The van der Waals surface area contributed by atoms with Crippen molar-refractivity contribution in [2.75, 3.05) is 6.54 Å². The fourth-order valence-corrected chi connectivity index (χ4v) is 4.35. The topological polar surface area (TPSA) is 3.24 Å². The van der Waals surface area contributed by atoms with Gasteiger partial charge in [-0.15, -0.1) is 0 Å². The number of benzene rings is 4. The molecule has 0 fully saturated rings. The van der Waals surface area contributed by atoms with Crippen LogP contribution in [0.1, 0.15) is 53.1 Å². The standard InChI is InChI=1S/C34H34ClN/c1-2-3-7-28-10-12-29(13-11-28)14-15-30-16-18-33(19-17-30)27-36(26-32-8-5-4-6-9-32)25-24-31-20-22-34(35)23-21-31/h4-6,8-13,16-23H,2-3,7,24-27H2,1H3. The molecule has 2 heteroatoms. The molecule has 36 heavy (non-hydrogen) atoms. The third kappa shape index (κ3) is 8.42. The van der Waals surface area contributed by atoms with Crippen molar-refractivity contribution in [1.82, 2.24) is 4.90 Å². The Bertz CT molecular complexity index is 1250. The van der Waals surface area contributed by atoms with Gasteiger partial charge in [-0.2, -0.15) is 0 Å². The summed E-state index contributed by atoms with van der Waals surface area (Å²) < 4.78 is 0. The van der Waals surface area contributed by atoms with Crippen LogP contribution in [0.15, 0.2) is 103 Å². The summed E-state index contributed by atoms with van der Waals surface area (Å²) in [6.45, 7) is 5.03. The monoisotopic (exact) mass is 491 g/mol. The number of hydrogen-bond acceptors (Lipinski definition) is 1. The molecule has 0 N–H and O–H groups in total. The molecule has 0 radical (unpaired) electrons. The number of nitrogens with zero attached hydrogens (tertiary/aromatic N) is 1. The van der Waals surface area contributed by atoms with E-state index in [0.717, 1.165) is 48.6 Å². The van der Waals surface area contributed by atoms with Crippen LogP contribution < -0.4 is 0 Å². The quantitative estimate of drug-likeness (QED) is 0.201. The molecule has 0 atom stereocenters. The lowest BCUT2D eigenvalue weighted by Crippen LogP contribution is -2.25. The average Bonchev–Trinajstić information content (AvgIpc) is 2.92. The van der Waals surface area contributed by atoms with Crippen molar-refractivity contribution in [2.45, 2.75) is 45.7 Å². The zero-order valence-corrected chi connectivity index (χ0v) is 21.8. The van der Waals surface area contributed by atoms with Crippen molar-refractivity contribution in [2.24, 2.45) is 0 Å². The molecule has 4 rings (SSSR count). The van der Waals surface area contributed by atoms with E-state index in [4.69, 9.17) is 11.6 Å². The molecule has 0 aliphatic rings. The highest BCUT2D eigenvalue weighted by molar-refractivity contribution is 6.30. The van der Waals surface area contributed by atoms with Crippen LogP contribution >= 0.6 is 11.6 Å². The first-order valence-corrected chi connectivity index (χ1v) is 13.3. The predicted octanol–water partition coefficient (Wildman–Crippen LogP) is 8.33. The van der Waals surface area contributed by atoms with Gasteiger partial charge in [0.2, 0.25) is 0 Å². The maximum atomic E-state index is 6.06. The van der Waals surface area contributed by atoms with Crippen molar-refractivity contribution in [3.8, 4) is 11.8 Å². The second-order valence-electron chi connectivity index (χ2n) is 9.32. The van der Waals surface area contributed by atoms with Gasteiger partial charge < -0.3 is 0 Å². The highest BCUT2D eigenvalue weighted by atomic mass is 35.5. The minimum Gasteiger partial charge on any atom is -0.295 e. The number of aryl methyl sites for hydroxylation is 1. The van der Waals surface area contributed by atoms with E-state index in [9.17, 15) is 0 Å². The first-order valence-electron chi connectivity index (χ1n) is 12.9. The van der Waals surface area contributed by atoms with E-state index >= 15 is 0 Å². The van der Waals surface area contributed by atoms with Crippen molar-refractivity contribution >= 4 is 11.6 Å². The lowest BCUT2D eigenvalue weighted by Gasteiger charge is -2.23. The Hall–Kier alpha value is -3.31. The Morgan fingerprint density at radius 3 is 1.67 bits per heavy atom. The highest BCUT2D eigenvalue weighted by Crippen LogP contribution is 2.15. The summed E-state index contributed by atoms with van der Waals surface area (Å²) in [7, 11) is 0. The zero-order chi connectivity index (χ0) is 25.0. The van der Waals surface area contributed by atoms with Crippen LogP contribution in [0, 0.1) is 11.8 Å². The van der Waals surface area contributed by atoms with Crippen LogP contribution in [0.3, 0.4) is 0 Å². The highest BCUT2D eigenvalue weighted by Gasteiger charge is 2.08. The van der Waals surface area contributed by atoms with Crippen molar-refractivity contribution in [1.29, 1.82) is 0 Å². The Morgan fingerprint density at radius 2 is 1.08 bits per heavy atom. The maximum absolute atomic E-state index is 6.06. The predicted molar refractivity (Wildman–Crippen MR) is 153 cm³/mol. The molecule has 0 amide bonds. The molecule has 0 aliphatic carbocycles. The SMILES string of the molecule is CCCCc1ccc(C#Cc2ccc(CN(CCc3ccc(Cl)cc3)Cc3ccccc3)cc2)cc1. The van der Waals surface area contributed by atoms with Gasteiger partial charge in [-0.05, 0) is 77.9 Å². The Kier molecular flexibility index (Phi) is 9.80. The van der Waals surface area contributed by atoms with Gasteiger partial charge in [-0.1, -0.05) is 104 Å². The van der Waals surface area contributed by atoms with E-state index in [1.807, 2.05) is 12.1 Å². The van der Waals surface area contributed by atoms with Crippen molar-refractivity contribution in [3.63, 3.8) is 0 Å². The molecule has 0 heterocycles. The minimum absolute atomic E-state index is 0.784. The average molecular weight is 492 g/mol. The molecular formula is C34H34ClN. The third-order valence-electron chi connectivity index (χ3n) is 6.36. The summed E-state index contributed by atoms with van der Waals surface area (Å²) in [6.07, 6.45) is 4.60. The summed E-state index contributed by atoms with van der Waals surface area (Å²) >= 11 is 6.06. The zero-order valence-electron chi connectivity index (χ0n) is 21.1. The molecule has 0 aromatic heterocycles. The molecule has 0 unspecified atom stereocenters. The first kappa shape index (κ1) is 25.8. The lowest BCUT2D eigenvalue weighted by atomic mass is 10.1. The Balaban J connectivity index is 1.39. The van der Waals surface area contributed by atoms with E-state index < -0.39 is 0 Å². The molecule has 182 valence electrons. The number of unbranched alkanes of at least 4 members (excludes halogenated alkanes) is 1. The molecule has 4 aromatic carbocycles. The second-order valence-corrected chi connectivity index (χ2v) is 9.76. The largest absolute Gasteiger partial charge is 0.295 e. The van der Waals surface area contributed by atoms with E-state index in [1.54, 1.807) is 0 Å². The van der Waals surface area contributed by atoms with E-state index in [1.165, 1.54) is 35.1 Å². The molecule has 0 saturated carbocycles. The van der Waals surface area contributed by atoms with Crippen molar-refractivity contribution < 1.29 is 0 Å². The van der Waals surface area contributed by atoms with Gasteiger partial charge in [0.1, 0.15) is 0 Å². The van der Waals surface area contributed by atoms with Crippen LogP contribution in [-0.2, 0) is 25.9 Å². The van der Waals surface area contributed by atoms with Gasteiger partial charge in [0.05, 0.1) is 0 Å². The summed E-state index contributed by atoms with van der Waals surface area (Å²) in [5.74, 6) is 6.63. The molecular weight excluding hydrogens is 458 g/mol. The number of hydrogen-bond donors (Lipinski definition) is 0. The lowest BCUT2D eigenvalue weighted by molar-refractivity contribution is 0.260. The van der Waals surface area contributed by atoms with Gasteiger partial charge in [0.15, 0.2) is 0 Å². The van der Waals surface area contributed by atoms with Gasteiger partial charge in [0, 0.05) is 35.8 Å². The molecule has 1 nitrogen and oxygen atoms in total. The van der Waals surface area contributed by atoms with Gasteiger partial charge in [0.25, 0.3) is 0 Å². The smallest absolute Gasteiger partial charge is 0.0406 e. The number of halogens is 1. The van der Waals surface area contributed by atoms with E-state index in [2.05, 4.69) is 115 Å². The van der Waals surface area contributed by atoms with Gasteiger partial charge in [-0.3, -0.25) is 4.90 Å². The van der Waals surface area contributed by atoms with Crippen LogP contribution in [-0.4, -0.2) is 11.4 Å². The maximum Gasteiger partial charge on any atom is 0.0406 e. The first-order chi connectivity index (χ1) is 17.7. The Morgan fingerprint density at radius 1 is 0.583 bits per heavy atom. The summed E-state index contributed by atoms with van der Waals surface area (Å²) in [6, 6.07) is 36.2. The number of rotatable bonds is 10. The molecule has 4 aromatic rings. The molecule has 0 saturated heterocycles. The van der Waals surface area contributed by atoms with Crippen molar-refractivity contribution in [3.05, 3.63) is 142 Å². The van der Waals surface area contributed by atoms with Gasteiger partial charge >= 0.3 is 0 Å². The van der Waals surface area contributed by atoms with Crippen LogP contribution in [0.2, 0.25) is 5.02 Å². The fourth-order valence-electron chi connectivity index (χ4n) is 4.23. The fraction of sp³-hybridized carbons (Fsp3) is 0.235.